The Morgan fingerprint density at radius 2 is 1.64 bits per heavy atom. The second-order valence-electron chi connectivity index (χ2n) is 10.8. The van der Waals surface area contributed by atoms with Crippen molar-refractivity contribution in [2.45, 2.75) is 67.2 Å². The van der Waals surface area contributed by atoms with Crippen molar-refractivity contribution in [2.24, 2.45) is 5.92 Å². The largest absolute Gasteiger partial charge is 0.394 e. The summed E-state index contributed by atoms with van der Waals surface area (Å²) in [6.45, 7) is -0.581. The van der Waals surface area contributed by atoms with Crippen LogP contribution in [0.4, 0.5) is 51.5 Å². The predicted octanol–water partition coefficient (Wildman–Crippen LogP) is 7.38. The molecule has 0 radical (unpaired) electrons. The third-order valence-electron chi connectivity index (χ3n) is 7.61. The van der Waals surface area contributed by atoms with Crippen molar-refractivity contribution in [1.29, 1.82) is 5.26 Å². The standard InChI is InChI=1S/C26H24F11N5O2S/c27-16-11-15(12-39-13-16)21(23(43)40-17-5-8-25(28,29)9-6-17)42(18-1-3-19(4-2-18)45(33,34,35,36)37)24(44)22-20(26(30,31)32)7-10-41(22)14-38/h1-4,11-13,17,20-22H,5-10H2,(H,40,43)/t20-,21?,22-/m1/s1. The fourth-order valence-electron chi connectivity index (χ4n) is 5.42. The average molecular weight is 680 g/mol. The second kappa shape index (κ2) is 10.9. The van der Waals surface area contributed by atoms with Gasteiger partial charge in [-0.05, 0) is 49.6 Å². The fourth-order valence-corrected chi connectivity index (χ4v) is 6.07. The molecule has 1 aliphatic heterocycles. The van der Waals surface area contributed by atoms with Crippen LogP contribution in [0.25, 0.3) is 0 Å². The van der Waals surface area contributed by atoms with E-state index in [9.17, 15) is 60.6 Å². The highest BCUT2D eigenvalue weighted by Crippen LogP contribution is 3.02. The normalized spacial score (nSPS) is 22.9. The number of alkyl halides is 5. The lowest BCUT2D eigenvalue weighted by Gasteiger charge is -2.41. The Balaban J connectivity index is 1.88. The van der Waals surface area contributed by atoms with E-state index in [0.717, 1.165) is 6.20 Å². The van der Waals surface area contributed by atoms with Gasteiger partial charge in [-0.3, -0.25) is 24.4 Å². The van der Waals surface area contributed by atoms with Crippen molar-refractivity contribution >= 4 is 27.7 Å². The van der Waals surface area contributed by atoms with Gasteiger partial charge < -0.3 is 5.32 Å². The number of hydrogen-bond acceptors (Lipinski definition) is 5. The van der Waals surface area contributed by atoms with Gasteiger partial charge in [0.15, 0.2) is 6.19 Å². The van der Waals surface area contributed by atoms with E-state index in [1.807, 2.05) is 0 Å². The Bertz CT molecular complexity index is 1490. The van der Waals surface area contributed by atoms with Crippen LogP contribution in [0.3, 0.4) is 0 Å². The van der Waals surface area contributed by atoms with Crippen LogP contribution in [0, 0.1) is 23.2 Å². The molecule has 2 aromatic rings. The van der Waals surface area contributed by atoms with Crippen molar-refractivity contribution in [3.8, 4) is 6.19 Å². The van der Waals surface area contributed by atoms with Gasteiger partial charge in [-0.25, -0.2) is 13.2 Å². The average Bonchev–Trinajstić information content (AvgIpc) is 3.36. The molecule has 1 aromatic heterocycles. The predicted molar refractivity (Wildman–Crippen MR) is 138 cm³/mol. The molecular weight excluding hydrogens is 655 g/mol. The third kappa shape index (κ3) is 7.71. The summed E-state index contributed by atoms with van der Waals surface area (Å²) >= 11 is 0. The molecule has 4 rings (SSSR count). The zero-order valence-corrected chi connectivity index (χ0v) is 23.6. The zero-order chi connectivity index (χ0) is 33.7. The Morgan fingerprint density at radius 1 is 1.04 bits per heavy atom. The Morgan fingerprint density at radius 3 is 2.16 bits per heavy atom. The molecule has 2 amide bonds. The SMILES string of the molecule is N#CN1CC[C@@H](C(F)(F)F)[C@@H]1C(=O)N(c1ccc(S(F)(F)(F)(F)F)cc1)C(C(=O)NC1CCC(F)(F)CC1)c1cncc(F)c1. The summed E-state index contributed by atoms with van der Waals surface area (Å²) in [7, 11) is -10.3. The molecule has 0 bridgehead atoms. The molecule has 1 saturated carbocycles. The van der Waals surface area contributed by atoms with Gasteiger partial charge in [0.2, 0.25) is 11.8 Å². The summed E-state index contributed by atoms with van der Waals surface area (Å²) in [5, 5.41) is 11.9. The number of nitrogens with one attached hydrogen (secondary N) is 1. The number of amides is 2. The van der Waals surface area contributed by atoms with Crippen molar-refractivity contribution in [3.05, 3.63) is 54.1 Å². The highest BCUT2D eigenvalue weighted by molar-refractivity contribution is 8.45. The van der Waals surface area contributed by atoms with E-state index in [4.69, 9.17) is 0 Å². The number of rotatable bonds is 7. The van der Waals surface area contributed by atoms with Crippen LogP contribution in [-0.2, 0) is 9.59 Å². The molecule has 45 heavy (non-hydrogen) atoms. The molecule has 1 aromatic carbocycles. The maximum atomic E-state index is 14.3. The van der Waals surface area contributed by atoms with Crippen molar-refractivity contribution in [3.63, 3.8) is 0 Å². The van der Waals surface area contributed by atoms with Gasteiger partial charge in [-0.1, -0.05) is 19.4 Å². The molecule has 0 spiro atoms. The minimum Gasteiger partial charge on any atom is -0.351 e. The highest BCUT2D eigenvalue weighted by Gasteiger charge is 2.65. The van der Waals surface area contributed by atoms with Gasteiger partial charge >= 0.3 is 16.4 Å². The number of aromatic nitrogens is 1. The number of hydrogen-bond donors (Lipinski definition) is 1. The summed E-state index contributed by atoms with van der Waals surface area (Å²) in [5.74, 6) is -9.59. The number of pyridine rings is 1. The van der Waals surface area contributed by atoms with Crippen molar-refractivity contribution in [2.75, 3.05) is 11.4 Å². The van der Waals surface area contributed by atoms with E-state index in [2.05, 4.69) is 10.3 Å². The molecule has 2 fully saturated rings. The van der Waals surface area contributed by atoms with Crippen LogP contribution in [0.5, 0.6) is 0 Å². The minimum absolute atomic E-state index is 0.142. The van der Waals surface area contributed by atoms with Gasteiger partial charge in [-0.15, -0.1) is 0 Å². The number of anilines is 1. The molecule has 1 saturated heterocycles. The molecule has 1 aliphatic carbocycles. The molecule has 1 N–H and O–H groups in total. The van der Waals surface area contributed by atoms with Gasteiger partial charge in [0.05, 0.1) is 12.1 Å². The van der Waals surface area contributed by atoms with E-state index in [1.54, 1.807) is 0 Å². The molecule has 248 valence electrons. The van der Waals surface area contributed by atoms with E-state index in [0.29, 0.717) is 29.3 Å². The quantitative estimate of drug-likeness (QED) is 0.244. The summed E-state index contributed by atoms with van der Waals surface area (Å²) in [4.78, 5) is 29.6. The zero-order valence-electron chi connectivity index (χ0n) is 22.8. The second-order valence-corrected chi connectivity index (χ2v) is 13.2. The molecular formula is C26H24F11N5O2S. The van der Waals surface area contributed by atoms with E-state index < -0.39 is 106 Å². The molecule has 3 atom stereocenters. The Hall–Kier alpha value is -3.82. The van der Waals surface area contributed by atoms with Crippen molar-refractivity contribution < 1.29 is 55.4 Å². The molecule has 2 heterocycles. The maximum absolute atomic E-state index is 14.3. The van der Waals surface area contributed by atoms with Gasteiger partial charge in [0, 0.05) is 42.9 Å². The first-order chi connectivity index (χ1) is 20.5. The number of likely N-dealkylation sites (tertiary alicyclic amines) is 1. The number of nitriles is 1. The Kier molecular flexibility index (Phi) is 8.26. The number of benzene rings is 1. The first-order valence-corrected chi connectivity index (χ1v) is 15.1. The van der Waals surface area contributed by atoms with Crippen molar-refractivity contribution in [1.82, 2.24) is 15.2 Å². The van der Waals surface area contributed by atoms with E-state index in [1.165, 1.54) is 6.19 Å². The Labute approximate surface area is 248 Å². The summed E-state index contributed by atoms with van der Waals surface area (Å²) in [6, 6.07) is -4.54. The lowest BCUT2D eigenvalue weighted by molar-refractivity contribution is -0.181. The first kappa shape index (κ1) is 34.1. The van der Waals surface area contributed by atoms with Gasteiger partial charge in [0.1, 0.15) is 22.8 Å². The number of nitrogens with zero attached hydrogens (tertiary/aromatic N) is 4. The topological polar surface area (TPSA) is 89.3 Å². The van der Waals surface area contributed by atoms with E-state index >= 15 is 0 Å². The van der Waals surface area contributed by atoms with Crippen LogP contribution in [0.15, 0.2) is 47.6 Å². The summed E-state index contributed by atoms with van der Waals surface area (Å²) < 4.78 is 151. The lowest BCUT2D eigenvalue weighted by atomic mass is 9.91. The minimum atomic E-state index is -10.3. The monoisotopic (exact) mass is 679 g/mol. The van der Waals surface area contributed by atoms with E-state index in [-0.39, 0.29) is 29.9 Å². The summed E-state index contributed by atoms with van der Waals surface area (Å²) in [6.07, 6.45) is -4.81. The maximum Gasteiger partial charge on any atom is 0.394 e. The van der Waals surface area contributed by atoms with Crippen LogP contribution in [0.2, 0.25) is 0 Å². The molecule has 7 nitrogen and oxygen atoms in total. The molecule has 19 heteroatoms. The van der Waals surface area contributed by atoms with Crippen LogP contribution in [0.1, 0.15) is 43.7 Å². The number of carbonyl (C=O) groups excluding carboxylic acids is 2. The highest BCUT2D eigenvalue weighted by atomic mass is 32.5. The summed E-state index contributed by atoms with van der Waals surface area (Å²) in [5.41, 5.74) is -1.31. The van der Waals surface area contributed by atoms with Gasteiger partial charge in [-0.2, -0.15) is 18.4 Å². The number of halogens is 11. The number of carbonyl (C=O) groups is 2. The van der Waals surface area contributed by atoms with Crippen LogP contribution >= 0.6 is 10.2 Å². The van der Waals surface area contributed by atoms with Crippen LogP contribution in [-0.4, -0.2) is 52.4 Å². The van der Waals surface area contributed by atoms with Gasteiger partial charge in [0.25, 0.3) is 5.91 Å². The molecule has 2 aliphatic rings. The first-order valence-electron chi connectivity index (χ1n) is 13.2. The molecule has 1 unspecified atom stereocenters. The fraction of sp³-hybridized carbons (Fsp3) is 0.462. The smallest absolute Gasteiger partial charge is 0.351 e. The van der Waals surface area contributed by atoms with Crippen LogP contribution < -0.4 is 10.2 Å². The lowest BCUT2D eigenvalue weighted by Crippen LogP contribution is -2.54. The third-order valence-corrected chi connectivity index (χ3v) is 8.77.